The summed E-state index contributed by atoms with van der Waals surface area (Å²) in [5.41, 5.74) is 0. The maximum atomic E-state index is 9.15. The molecule has 0 aliphatic heterocycles. The summed E-state index contributed by atoms with van der Waals surface area (Å²) in [4.78, 5) is 0. The first-order valence-corrected chi connectivity index (χ1v) is 3.93. The predicted octanol–water partition coefficient (Wildman–Crippen LogP) is 1.56. The Kier molecular flexibility index (Phi) is 2.77. The van der Waals surface area contributed by atoms with Crippen LogP contribution in [-0.2, 0) is 0 Å². The van der Waals surface area contributed by atoms with Crippen LogP contribution in [0.3, 0.4) is 0 Å². The summed E-state index contributed by atoms with van der Waals surface area (Å²) in [6.07, 6.45) is 4.01. The minimum absolute atomic E-state index is 0.0464. The van der Waals surface area contributed by atoms with Crippen LogP contribution in [0.25, 0.3) is 0 Å². The Labute approximate surface area is 62.4 Å². The largest absolute Gasteiger partial charge is 0.393 e. The lowest BCUT2D eigenvalue weighted by Crippen LogP contribution is -2.16. The van der Waals surface area contributed by atoms with Gasteiger partial charge in [0.15, 0.2) is 0 Å². The Morgan fingerprint density at radius 3 is 2.30 bits per heavy atom. The quantitative estimate of drug-likeness (QED) is 0.504. The lowest BCUT2D eigenvalue weighted by atomic mass is 9.88. The highest BCUT2D eigenvalue weighted by atomic mass is 16.3. The van der Waals surface area contributed by atoms with E-state index < -0.39 is 0 Å². The van der Waals surface area contributed by atoms with E-state index in [4.69, 9.17) is 5.11 Å². The Morgan fingerprint density at radius 2 is 1.80 bits per heavy atom. The van der Waals surface area contributed by atoms with Crippen LogP contribution in [0.5, 0.6) is 0 Å². The molecule has 1 fully saturated rings. The smallest absolute Gasteiger partial charge is 0.0541 e. The van der Waals surface area contributed by atoms with Gasteiger partial charge in [0.1, 0.15) is 0 Å². The average molecular weight is 138 g/mol. The second kappa shape index (κ2) is 3.63. The molecule has 1 rings (SSSR count). The van der Waals surface area contributed by atoms with E-state index in [0.29, 0.717) is 5.92 Å². The summed E-state index contributed by atoms with van der Waals surface area (Å²) >= 11 is 0. The molecule has 10 heavy (non-hydrogen) atoms. The molecule has 0 heterocycles. The second-order valence-electron chi connectivity index (χ2n) is 2.90. The first-order chi connectivity index (χ1) is 4.83. The standard InChI is InChI=1S/C9H14O/c1-2-3-8-4-6-9(10)7-5-8/h8-10H,4-7H2,1H3/t8-,9-. The number of aliphatic hydroxyl groups is 1. The molecule has 0 spiro atoms. The maximum absolute atomic E-state index is 9.15. The molecule has 0 unspecified atom stereocenters. The summed E-state index contributed by atoms with van der Waals surface area (Å²) in [6, 6.07) is 0. The molecule has 1 nitrogen and oxygen atoms in total. The van der Waals surface area contributed by atoms with Gasteiger partial charge in [-0.1, -0.05) is 0 Å². The molecule has 1 N–H and O–H groups in total. The third-order valence-electron chi connectivity index (χ3n) is 2.05. The zero-order valence-electron chi connectivity index (χ0n) is 6.43. The van der Waals surface area contributed by atoms with Crippen molar-refractivity contribution < 1.29 is 5.11 Å². The highest BCUT2D eigenvalue weighted by Gasteiger charge is 2.16. The van der Waals surface area contributed by atoms with Gasteiger partial charge in [0.05, 0.1) is 6.10 Å². The van der Waals surface area contributed by atoms with E-state index in [9.17, 15) is 0 Å². The van der Waals surface area contributed by atoms with Crippen LogP contribution in [0.15, 0.2) is 0 Å². The van der Waals surface area contributed by atoms with Gasteiger partial charge < -0.3 is 5.11 Å². The Hall–Kier alpha value is -0.480. The van der Waals surface area contributed by atoms with Crippen molar-refractivity contribution in [1.29, 1.82) is 0 Å². The fraction of sp³-hybridized carbons (Fsp3) is 0.778. The molecule has 0 aromatic carbocycles. The Morgan fingerprint density at radius 1 is 1.20 bits per heavy atom. The zero-order chi connectivity index (χ0) is 7.40. The van der Waals surface area contributed by atoms with Gasteiger partial charge in [-0.25, -0.2) is 0 Å². The molecule has 1 aliphatic carbocycles. The molecule has 0 atom stereocenters. The normalized spacial score (nSPS) is 32.6. The average Bonchev–Trinajstić information content (AvgIpc) is 1.95. The first kappa shape index (κ1) is 7.63. The molecular formula is C9H14O. The highest BCUT2D eigenvalue weighted by molar-refractivity contribution is 5.02. The maximum Gasteiger partial charge on any atom is 0.0541 e. The number of rotatable bonds is 0. The molecular weight excluding hydrogens is 124 g/mol. The molecule has 56 valence electrons. The van der Waals surface area contributed by atoms with Crippen molar-refractivity contribution in [2.45, 2.75) is 38.7 Å². The summed E-state index contributed by atoms with van der Waals surface area (Å²) in [5, 5.41) is 9.15. The molecule has 0 radical (unpaired) electrons. The van der Waals surface area contributed by atoms with E-state index in [1.54, 1.807) is 0 Å². The Balaban J connectivity index is 2.30. The molecule has 1 heteroatoms. The number of aliphatic hydroxyl groups excluding tert-OH is 1. The van der Waals surface area contributed by atoms with Crippen molar-refractivity contribution in [3.63, 3.8) is 0 Å². The third-order valence-corrected chi connectivity index (χ3v) is 2.05. The fourth-order valence-electron chi connectivity index (χ4n) is 1.42. The lowest BCUT2D eigenvalue weighted by molar-refractivity contribution is 0.119. The van der Waals surface area contributed by atoms with Gasteiger partial charge in [-0.3, -0.25) is 0 Å². The third kappa shape index (κ3) is 2.04. The van der Waals surface area contributed by atoms with Gasteiger partial charge >= 0.3 is 0 Å². The topological polar surface area (TPSA) is 20.2 Å². The monoisotopic (exact) mass is 138 g/mol. The van der Waals surface area contributed by atoms with Gasteiger partial charge in [0.25, 0.3) is 0 Å². The first-order valence-electron chi connectivity index (χ1n) is 3.93. The second-order valence-corrected chi connectivity index (χ2v) is 2.90. The van der Waals surface area contributed by atoms with Crippen molar-refractivity contribution in [2.75, 3.05) is 0 Å². The van der Waals surface area contributed by atoms with Crippen molar-refractivity contribution in [3.8, 4) is 11.8 Å². The summed E-state index contributed by atoms with van der Waals surface area (Å²) < 4.78 is 0. The van der Waals surface area contributed by atoms with Crippen molar-refractivity contribution in [2.24, 2.45) is 5.92 Å². The number of hydrogen-bond acceptors (Lipinski definition) is 1. The van der Waals surface area contributed by atoms with Crippen molar-refractivity contribution in [3.05, 3.63) is 0 Å². The summed E-state index contributed by atoms with van der Waals surface area (Å²) in [7, 11) is 0. The number of hydrogen-bond donors (Lipinski definition) is 1. The fourth-order valence-corrected chi connectivity index (χ4v) is 1.42. The SMILES string of the molecule is CC#C[C@H]1CC[C@H](O)CC1. The van der Waals surface area contributed by atoms with Crippen LogP contribution in [0.4, 0.5) is 0 Å². The molecule has 0 aromatic heterocycles. The predicted molar refractivity (Wildman–Crippen MR) is 41.4 cm³/mol. The van der Waals surface area contributed by atoms with E-state index in [1.807, 2.05) is 6.92 Å². The minimum atomic E-state index is -0.0464. The van der Waals surface area contributed by atoms with Gasteiger partial charge in [0, 0.05) is 5.92 Å². The van der Waals surface area contributed by atoms with E-state index >= 15 is 0 Å². The lowest BCUT2D eigenvalue weighted by Gasteiger charge is -2.20. The van der Waals surface area contributed by atoms with Gasteiger partial charge in [0.2, 0.25) is 0 Å². The van der Waals surface area contributed by atoms with Gasteiger partial charge in [-0.05, 0) is 32.6 Å². The van der Waals surface area contributed by atoms with E-state index in [0.717, 1.165) is 25.7 Å². The molecule has 0 saturated heterocycles. The van der Waals surface area contributed by atoms with Crippen molar-refractivity contribution in [1.82, 2.24) is 0 Å². The summed E-state index contributed by atoms with van der Waals surface area (Å²) in [6.45, 7) is 1.88. The van der Waals surface area contributed by atoms with Gasteiger partial charge in [-0.2, -0.15) is 0 Å². The van der Waals surface area contributed by atoms with Crippen LogP contribution >= 0.6 is 0 Å². The van der Waals surface area contributed by atoms with Crippen LogP contribution in [0, 0.1) is 17.8 Å². The zero-order valence-corrected chi connectivity index (χ0v) is 6.43. The molecule has 0 bridgehead atoms. The van der Waals surface area contributed by atoms with Crippen LogP contribution < -0.4 is 0 Å². The molecule has 0 aromatic rings. The van der Waals surface area contributed by atoms with Crippen LogP contribution in [0.1, 0.15) is 32.6 Å². The molecule has 1 aliphatic rings. The highest BCUT2D eigenvalue weighted by Crippen LogP contribution is 2.23. The van der Waals surface area contributed by atoms with E-state index in [1.165, 1.54) is 0 Å². The van der Waals surface area contributed by atoms with E-state index in [2.05, 4.69) is 11.8 Å². The van der Waals surface area contributed by atoms with E-state index in [-0.39, 0.29) is 6.10 Å². The summed E-state index contributed by atoms with van der Waals surface area (Å²) in [5.74, 6) is 6.63. The van der Waals surface area contributed by atoms with Gasteiger partial charge in [-0.15, -0.1) is 11.8 Å². The van der Waals surface area contributed by atoms with Crippen LogP contribution in [0.2, 0.25) is 0 Å². The van der Waals surface area contributed by atoms with Crippen LogP contribution in [-0.4, -0.2) is 11.2 Å². The minimum Gasteiger partial charge on any atom is -0.393 e. The van der Waals surface area contributed by atoms with Crippen molar-refractivity contribution >= 4 is 0 Å². The molecule has 1 saturated carbocycles. The Bertz CT molecular complexity index is 144. The molecule has 0 amide bonds.